The first-order valence-electron chi connectivity index (χ1n) is 6.86. The van der Waals surface area contributed by atoms with E-state index >= 15 is 0 Å². The Hall–Kier alpha value is -0.670. The molecule has 1 saturated carbocycles. The number of carbonyl (C=O) groups is 1. The number of ketones is 1. The second kappa shape index (κ2) is 4.46. The second-order valence-corrected chi connectivity index (χ2v) is 6.61. The molecule has 2 N–H and O–H groups in total. The molecule has 2 rings (SSSR count). The highest BCUT2D eigenvalue weighted by molar-refractivity contribution is 5.92. The molecule has 0 unspecified atom stereocenters. The largest absolute Gasteiger partial charge is 0.393 e. The summed E-state index contributed by atoms with van der Waals surface area (Å²) in [7, 11) is 0. The zero-order valence-corrected chi connectivity index (χ0v) is 11.6. The minimum Gasteiger partial charge on any atom is -0.393 e. The molecule has 102 valence electrons. The highest BCUT2D eigenvalue weighted by atomic mass is 16.3. The van der Waals surface area contributed by atoms with Gasteiger partial charge in [0, 0.05) is 6.42 Å². The number of allylic oxidation sites excluding steroid dienone is 2. The SMILES string of the molecule is C[C@@H]1CC(=O)C=C2CC[C@@H]([C@](C)(O)CO)C[C@]21C. The van der Waals surface area contributed by atoms with Gasteiger partial charge in [0.15, 0.2) is 5.78 Å². The molecule has 0 radical (unpaired) electrons. The van der Waals surface area contributed by atoms with Crippen LogP contribution in [-0.2, 0) is 4.79 Å². The van der Waals surface area contributed by atoms with Gasteiger partial charge in [-0.1, -0.05) is 19.4 Å². The Morgan fingerprint density at radius 3 is 2.83 bits per heavy atom. The van der Waals surface area contributed by atoms with E-state index in [0.29, 0.717) is 12.3 Å². The summed E-state index contributed by atoms with van der Waals surface area (Å²) in [6.07, 6.45) is 5.01. The van der Waals surface area contributed by atoms with Crippen molar-refractivity contribution in [1.82, 2.24) is 0 Å². The molecule has 3 heteroatoms. The summed E-state index contributed by atoms with van der Waals surface area (Å²) in [5.74, 6) is 0.671. The van der Waals surface area contributed by atoms with Gasteiger partial charge in [-0.25, -0.2) is 0 Å². The second-order valence-electron chi connectivity index (χ2n) is 6.61. The van der Waals surface area contributed by atoms with Gasteiger partial charge in [0.25, 0.3) is 0 Å². The summed E-state index contributed by atoms with van der Waals surface area (Å²) in [6, 6.07) is 0. The van der Waals surface area contributed by atoms with Crippen molar-refractivity contribution in [3.8, 4) is 0 Å². The van der Waals surface area contributed by atoms with Crippen LogP contribution in [-0.4, -0.2) is 28.2 Å². The Balaban J connectivity index is 2.26. The Kier molecular flexibility index (Phi) is 3.41. The van der Waals surface area contributed by atoms with Crippen molar-refractivity contribution in [3.63, 3.8) is 0 Å². The van der Waals surface area contributed by atoms with Crippen molar-refractivity contribution in [2.24, 2.45) is 17.3 Å². The standard InChI is InChI=1S/C15H24O3/c1-10-6-13(17)7-11-4-5-12(8-14(10,11)2)15(3,18)9-16/h7,10,12,16,18H,4-6,8-9H2,1-3H3/t10-,12-,14+,15-/m1/s1. The van der Waals surface area contributed by atoms with Gasteiger partial charge in [0.2, 0.25) is 0 Å². The number of hydrogen-bond donors (Lipinski definition) is 2. The number of aliphatic hydroxyl groups excluding tert-OH is 1. The summed E-state index contributed by atoms with van der Waals surface area (Å²) < 4.78 is 0. The van der Waals surface area contributed by atoms with Crippen LogP contribution < -0.4 is 0 Å². The van der Waals surface area contributed by atoms with Gasteiger partial charge in [-0.3, -0.25) is 4.79 Å². The molecule has 0 heterocycles. The molecule has 2 aliphatic carbocycles. The van der Waals surface area contributed by atoms with Crippen LogP contribution in [0, 0.1) is 17.3 Å². The van der Waals surface area contributed by atoms with Crippen LogP contribution in [0.2, 0.25) is 0 Å². The first-order chi connectivity index (χ1) is 8.29. The smallest absolute Gasteiger partial charge is 0.155 e. The van der Waals surface area contributed by atoms with Crippen LogP contribution >= 0.6 is 0 Å². The molecule has 0 saturated heterocycles. The van der Waals surface area contributed by atoms with Gasteiger partial charge >= 0.3 is 0 Å². The van der Waals surface area contributed by atoms with E-state index in [0.717, 1.165) is 19.3 Å². The summed E-state index contributed by atoms with van der Waals surface area (Å²) in [4.78, 5) is 11.6. The average molecular weight is 252 g/mol. The van der Waals surface area contributed by atoms with Crippen molar-refractivity contribution in [3.05, 3.63) is 11.6 Å². The lowest BCUT2D eigenvalue weighted by atomic mass is 9.56. The number of carbonyl (C=O) groups excluding carboxylic acids is 1. The molecule has 0 aliphatic heterocycles. The Morgan fingerprint density at radius 1 is 1.56 bits per heavy atom. The van der Waals surface area contributed by atoms with E-state index in [-0.39, 0.29) is 23.7 Å². The quantitative estimate of drug-likeness (QED) is 0.791. The first-order valence-corrected chi connectivity index (χ1v) is 6.86. The van der Waals surface area contributed by atoms with Crippen LogP contribution in [0.1, 0.15) is 46.5 Å². The number of fused-ring (bicyclic) bond motifs is 1. The van der Waals surface area contributed by atoms with Gasteiger partial charge < -0.3 is 10.2 Å². The van der Waals surface area contributed by atoms with Crippen LogP contribution in [0.4, 0.5) is 0 Å². The summed E-state index contributed by atoms with van der Waals surface area (Å²) in [5.41, 5.74) is 0.252. The summed E-state index contributed by atoms with van der Waals surface area (Å²) in [6.45, 7) is 5.85. The Labute approximate surface area is 109 Å². The minimum atomic E-state index is -1.00. The number of rotatable bonds is 2. The fourth-order valence-corrected chi connectivity index (χ4v) is 3.56. The molecule has 18 heavy (non-hydrogen) atoms. The maximum Gasteiger partial charge on any atom is 0.155 e. The highest BCUT2D eigenvalue weighted by Crippen LogP contribution is 2.53. The minimum absolute atomic E-state index is 0.00991. The zero-order valence-electron chi connectivity index (χ0n) is 11.6. The van der Waals surface area contributed by atoms with Crippen LogP contribution in [0.15, 0.2) is 11.6 Å². The fourth-order valence-electron chi connectivity index (χ4n) is 3.56. The molecule has 0 aromatic carbocycles. The lowest BCUT2D eigenvalue weighted by molar-refractivity contribution is -0.118. The van der Waals surface area contributed by atoms with E-state index in [4.69, 9.17) is 0 Å². The van der Waals surface area contributed by atoms with Crippen molar-refractivity contribution < 1.29 is 15.0 Å². The van der Waals surface area contributed by atoms with E-state index in [1.165, 1.54) is 5.57 Å². The van der Waals surface area contributed by atoms with Crippen molar-refractivity contribution in [2.45, 2.75) is 52.1 Å². The number of aliphatic hydroxyl groups is 2. The van der Waals surface area contributed by atoms with Crippen LogP contribution in [0.3, 0.4) is 0 Å². The molecule has 2 aliphatic rings. The molecule has 0 spiro atoms. The lowest BCUT2D eigenvalue weighted by Gasteiger charge is -2.49. The van der Waals surface area contributed by atoms with Gasteiger partial charge in [0.05, 0.1) is 12.2 Å². The Bertz CT molecular complexity index is 383. The van der Waals surface area contributed by atoms with Crippen LogP contribution in [0.25, 0.3) is 0 Å². The molecular weight excluding hydrogens is 228 g/mol. The van der Waals surface area contributed by atoms with Crippen molar-refractivity contribution in [1.29, 1.82) is 0 Å². The van der Waals surface area contributed by atoms with Gasteiger partial charge in [-0.05, 0) is 49.5 Å². The van der Waals surface area contributed by atoms with Gasteiger partial charge in [-0.15, -0.1) is 0 Å². The third-order valence-corrected chi connectivity index (χ3v) is 5.30. The van der Waals surface area contributed by atoms with E-state index in [1.54, 1.807) is 6.92 Å². The fraction of sp³-hybridized carbons (Fsp3) is 0.800. The Morgan fingerprint density at radius 2 is 2.22 bits per heavy atom. The number of hydrogen-bond acceptors (Lipinski definition) is 3. The van der Waals surface area contributed by atoms with E-state index in [2.05, 4.69) is 13.8 Å². The molecule has 4 atom stereocenters. The van der Waals surface area contributed by atoms with Gasteiger partial charge in [-0.2, -0.15) is 0 Å². The van der Waals surface area contributed by atoms with Crippen LogP contribution in [0.5, 0.6) is 0 Å². The predicted molar refractivity (Wildman–Crippen MR) is 70.0 cm³/mol. The maximum absolute atomic E-state index is 11.6. The molecular formula is C15H24O3. The molecule has 0 amide bonds. The molecule has 3 nitrogen and oxygen atoms in total. The normalized spacial score (nSPS) is 39.8. The third kappa shape index (κ3) is 2.14. The molecule has 0 bridgehead atoms. The van der Waals surface area contributed by atoms with Crippen molar-refractivity contribution in [2.75, 3.05) is 6.61 Å². The topological polar surface area (TPSA) is 57.5 Å². The highest BCUT2D eigenvalue weighted by Gasteiger charge is 2.47. The monoisotopic (exact) mass is 252 g/mol. The first kappa shape index (κ1) is 13.8. The maximum atomic E-state index is 11.6. The summed E-state index contributed by atoms with van der Waals surface area (Å²) >= 11 is 0. The van der Waals surface area contributed by atoms with Gasteiger partial charge in [0.1, 0.15) is 0 Å². The van der Waals surface area contributed by atoms with E-state index < -0.39 is 5.60 Å². The van der Waals surface area contributed by atoms with E-state index in [1.807, 2.05) is 6.08 Å². The van der Waals surface area contributed by atoms with Crippen molar-refractivity contribution >= 4 is 5.78 Å². The average Bonchev–Trinajstić information content (AvgIpc) is 2.30. The third-order valence-electron chi connectivity index (χ3n) is 5.30. The van der Waals surface area contributed by atoms with E-state index in [9.17, 15) is 15.0 Å². The zero-order chi connectivity index (χ0) is 13.6. The molecule has 0 aromatic rings. The molecule has 1 fully saturated rings. The lowest BCUT2D eigenvalue weighted by Crippen LogP contribution is -2.47. The summed E-state index contributed by atoms with van der Waals surface area (Å²) in [5, 5.41) is 19.6. The molecule has 0 aromatic heterocycles. The predicted octanol–water partition coefficient (Wildman–Crippen LogP) is 2.07.